The number of rotatable bonds is 1. The van der Waals surface area contributed by atoms with E-state index in [4.69, 9.17) is 0 Å². The van der Waals surface area contributed by atoms with E-state index in [1.807, 2.05) is 0 Å². The van der Waals surface area contributed by atoms with E-state index in [0.717, 1.165) is 17.9 Å². The van der Waals surface area contributed by atoms with Crippen molar-refractivity contribution in [1.82, 2.24) is 4.90 Å². The zero-order chi connectivity index (χ0) is 7.72. The minimum absolute atomic E-state index is 0.806. The molecule has 0 saturated carbocycles. The van der Waals surface area contributed by atoms with Crippen LogP contribution in [-0.2, 0) is 0 Å². The molecule has 1 rings (SSSR count). The van der Waals surface area contributed by atoms with Crippen molar-refractivity contribution in [3.63, 3.8) is 0 Å². The van der Waals surface area contributed by atoms with Crippen LogP contribution in [0.15, 0.2) is 0 Å². The molecule has 0 radical (unpaired) electrons. The van der Waals surface area contributed by atoms with Crippen molar-refractivity contribution in [2.45, 2.75) is 33.2 Å². The van der Waals surface area contributed by atoms with Gasteiger partial charge in [-0.1, -0.05) is 20.3 Å². The van der Waals surface area contributed by atoms with Crippen molar-refractivity contribution in [3.8, 4) is 0 Å². The average molecular weight is 141 g/mol. The molecule has 3 atom stereocenters. The van der Waals surface area contributed by atoms with E-state index < -0.39 is 0 Å². The maximum atomic E-state index is 2.47. The Morgan fingerprint density at radius 3 is 2.20 bits per heavy atom. The van der Waals surface area contributed by atoms with Crippen LogP contribution in [0.2, 0.25) is 0 Å². The molecule has 0 bridgehead atoms. The second-order valence-corrected chi connectivity index (χ2v) is 3.73. The summed E-state index contributed by atoms with van der Waals surface area (Å²) in [6.45, 7) is 8.31. The summed E-state index contributed by atoms with van der Waals surface area (Å²) >= 11 is 0. The van der Waals surface area contributed by atoms with E-state index in [2.05, 4.69) is 32.7 Å². The van der Waals surface area contributed by atoms with Crippen molar-refractivity contribution in [1.29, 1.82) is 0 Å². The topological polar surface area (TPSA) is 3.24 Å². The highest BCUT2D eigenvalue weighted by atomic mass is 15.2. The standard InChI is InChI=1S/C9H19N/c1-5-9-7(2)6-10(4)8(9)3/h7-9H,5-6H2,1-4H3/t7-,8?,9?/m0/s1. The molecule has 0 aliphatic carbocycles. The lowest BCUT2D eigenvalue weighted by Gasteiger charge is -2.19. The van der Waals surface area contributed by atoms with Crippen LogP contribution in [0.4, 0.5) is 0 Å². The van der Waals surface area contributed by atoms with Crippen LogP contribution in [0.1, 0.15) is 27.2 Å². The van der Waals surface area contributed by atoms with Gasteiger partial charge in [-0.2, -0.15) is 0 Å². The summed E-state index contributed by atoms with van der Waals surface area (Å²) in [5, 5.41) is 0. The summed E-state index contributed by atoms with van der Waals surface area (Å²) in [4.78, 5) is 2.47. The Hall–Kier alpha value is -0.0400. The molecule has 1 fully saturated rings. The molecule has 0 aromatic heterocycles. The normalized spacial score (nSPS) is 42.6. The van der Waals surface area contributed by atoms with E-state index in [9.17, 15) is 0 Å². The fourth-order valence-corrected chi connectivity index (χ4v) is 2.30. The van der Waals surface area contributed by atoms with E-state index in [0.29, 0.717) is 0 Å². The molecule has 0 spiro atoms. The van der Waals surface area contributed by atoms with Gasteiger partial charge in [-0.05, 0) is 25.8 Å². The molecule has 1 heteroatoms. The van der Waals surface area contributed by atoms with Gasteiger partial charge in [0.05, 0.1) is 0 Å². The van der Waals surface area contributed by atoms with Gasteiger partial charge in [0.2, 0.25) is 0 Å². The van der Waals surface area contributed by atoms with Gasteiger partial charge in [0.1, 0.15) is 0 Å². The Morgan fingerprint density at radius 1 is 1.40 bits per heavy atom. The van der Waals surface area contributed by atoms with Crippen LogP contribution in [-0.4, -0.2) is 24.5 Å². The molecular weight excluding hydrogens is 122 g/mol. The number of hydrogen-bond acceptors (Lipinski definition) is 1. The first kappa shape index (κ1) is 8.06. The summed E-state index contributed by atoms with van der Waals surface area (Å²) in [6.07, 6.45) is 1.34. The zero-order valence-corrected chi connectivity index (χ0v) is 7.59. The highest BCUT2D eigenvalue weighted by Gasteiger charge is 2.32. The van der Waals surface area contributed by atoms with Crippen LogP contribution in [0.25, 0.3) is 0 Å². The monoisotopic (exact) mass is 141 g/mol. The van der Waals surface area contributed by atoms with Crippen molar-refractivity contribution < 1.29 is 0 Å². The predicted octanol–water partition coefficient (Wildman–Crippen LogP) is 1.98. The molecule has 1 saturated heterocycles. The van der Waals surface area contributed by atoms with E-state index >= 15 is 0 Å². The Bertz CT molecular complexity index is 111. The molecule has 10 heavy (non-hydrogen) atoms. The lowest BCUT2D eigenvalue weighted by molar-refractivity contribution is 0.286. The summed E-state index contributed by atoms with van der Waals surface area (Å²) < 4.78 is 0. The van der Waals surface area contributed by atoms with Crippen LogP contribution in [0, 0.1) is 11.8 Å². The minimum atomic E-state index is 0.806. The summed E-state index contributed by atoms with van der Waals surface area (Å²) in [7, 11) is 2.23. The van der Waals surface area contributed by atoms with Crippen LogP contribution < -0.4 is 0 Å². The third kappa shape index (κ3) is 1.20. The molecule has 0 aromatic carbocycles. The van der Waals surface area contributed by atoms with E-state index in [1.54, 1.807) is 0 Å². The summed E-state index contributed by atoms with van der Waals surface area (Å²) in [5.41, 5.74) is 0. The third-order valence-corrected chi connectivity index (χ3v) is 3.09. The first-order valence-electron chi connectivity index (χ1n) is 4.37. The van der Waals surface area contributed by atoms with Gasteiger partial charge in [-0.3, -0.25) is 0 Å². The van der Waals surface area contributed by atoms with E-state index in [-0.39, 0.29) is 0 Å². The Labute approximate surface area is 64.4 Å². The largest absolute Gasteiger partial charge is 0.303 e. The molecule has 0 amide bonds. The van der Waals surface area contributed by atoms with Gasteiger partial charge in [0.15, 0.2) is 0 Å². The first-order valence-corrected chi connectivity index (χ1v) is 4.37. The molecule has 1 aliphatic heterocycles. The lowest BCUT2D eigenvalue weighted by atomic mass is 9.91. The second-order valence-electron chi connectivity index (χ2n) is 3.73. The maximum absolute atomic E-state index is 2.47. The third-order valence-electron chi connectivity index (χ3n) is 3.09. The number of hydrogen-bond donors (Lipinski definition) is 0. The molecule has 60 valence electrons. The summed E-state index contributed by atoms with van der Waals surface area (Å²) in [5.74, 6) is 1.84. The SMILES string of the molecule is CCC1C(C)N(C)C[C@@H]1C. The van der Waals surface area contributed by atoms with Gasteiger partial charge in [0, 0.05) is 12.6 Å². The highest BCUT2D eigenvalue weighted by Crippen LogP contribution is 2.30. The zero-order valence-electron chi connectivity index (χ0n) is 7.59. The smallest absolute Gasteiger partial charge is 0.00951 e. The minimum Gasteiger partial charge on any atom is -0.303 e. The molecule has 1 aliphatic rings. The molecular formula is C9H19N. The molecule has 2 unspecified atom stereocenters. The van der Waals surface area contributed by atoms with Crippen LogP contribution in [0.3, 0.4) is 0 Å². The number of nitrogens with zero attached hydrogens (tertiary/aromatic N) is 1. The van der Waals surface area contributed by atoms with Crippen molar-refractivity contribution in [2.24, 2.45) is 11.8 Å². The Kier molecular flexibility index (Phi) is 2.35. The highest BCUT2D eigenvalue weighted by molar-refractivity contribution is 4.85. The van der Waals surface area contributed by atoms with Gasteiger partial charge >= 0.3 is 0 Å². The molecule has 0 aromatic rings. The number of likely N-dealkylation sites (tertiary alicyclic amines) is 1. The van der Waals surface area contributed by atoms with Crippen molar-refractivity contribution >= 4 is 0 Å². The van der Waals surface area contributed by atoms with Gasteiger partial charge in [-0.25, -0.2) is 0 Å². The Morgan fingerprint density at radius 2 is 2.00 bits per heavy atom. The fraction of sp³-hybridized carbons (Fsp3) is 1.00. The van der Waals surface area contributed by atoms with Gasteiger partial charge in [0.25, 0.3) is 0 Å². The maximum Gasteiger partial charge on any atom is 0.00951 e. The van der Waals surface area contributed by atoms with Crippen molar-refractivity contribution in [2.75, 3.05) is 13.6 Å². The van der Waals surface area contributed by atoms with Gasteiger partial charge < -0.3 is 4.90 Å². The quantitative estimate of drug-likeness (QED) is 0.539. The fourth-order valence-electron chi connectivity index (χ4n) is 2.30. The molecule has 1 nitrogen and oxygen atoms in total. The van der Waals surface area contributed by atoms with Crippen molar-refractivity contribution in [3.05, 3.63) is 0 Å². The predicted molar refractivity (Wildman–Crippen MR) is 45.0 cm³/mol. The average Bonchev–Trinajstić information content (AvgIpc) is 2.09. The lowest BCUT2D eigenvalue weighted by Crippen LogP contribution is -2.25. The van der Waals surface area contributed by atoms with E-state index in [1.165, 1.54) is 13.0 Å². The second kappa shape index (κ2) is 2.91. The summed E-state index contributed by atoms with van der Waals surface area (Å²) in [6, 6.07) is 0.806. The van der Waals surface area contributed by atoms with Crippen LogP contribution in [0.5, 0.6) is 0 Å². The molecule has 0 N–H and O–H groups in total. The molecule has 1 heterocycles. The first-order chi connectivity index (χ1) is 4.66. The van der Waals surface area contributed by atoms with Crippen LogP contribution >= 0.6 is 0 Å². The Balaban J connectivity index is 2.55. The van der Waals surface area contributed by atoms with Gasteiger partial charge in [-0.15, -0.1) is 0 Å².